The van der Waals surface area contributed by atoms with Gasteiger partial charge in [0.25, 0.3) is 5.91 Å². The first-order valence-electron chi connectivity index (χ1n) is 7.84. The molecule has 1 aliphatic carbocycles. The van der Waals surface area contributed by atoms with Crippen molar-refractivity contribution in [1.29, 1.82) is 0 Å². The van der Waals surface area contributed by atoms with Gasteiger partial charge >= 0.3 is 0 Å². The monoisotopic (exact) mass is 288 g/mol. The molecule has 1 aromatic carbocycles. The van der Waals surface area contributed by atoms with Gasteiger partial charge in [0.15, 0.2) is 0 Å². The van der Waals surface area contributed by atoms with E-state index in [0.29, 0.717) is 25.7 Å². The zero-order chi connectivity index (χ0) is 14.8. The maximum Gasteiger partial charge on any atom is 0.253 e. The molecule has 3 rings (SSSR count). The summed E-state index contributed by atoms with van der Waals surface area (Å²) in [6.45, 7) is 7.03. The molecule has 4 nitrogen and oxygen atoms in total. The van der Waals surface area contributed by atoms with Gasteiger partial charge in [0.1, 0.15) is 6.10 Å². The van der Waals surface area contributed by atoms with E-state index in [9.17, 15) is 4.79 Å². The highest BCUT2D eigenvalue weighted by atomic mass is 16.5. The van der Waals surface area contributed by atoms with Crippen LogP contribution in [0, 0.1) is 13.8 Å². The second-order valence-corrected chi connectivity index (χ2v) is 6.18. The zero-order valence-corrected chi connectivity index (χ0v) is 12.9. The molecule has 0 radical (unpaired) electrons. The molecule has 114 valence electrons. The first-order chi connectivity index (χ1) is 10.1. The van der Waals surface area contributed by atoms with E-state index in [1.165, 1.54) is 16.7 Å². The van der Waals surface area contributed by atoms with Crippen LogP contribution in [0.3, 0.4) is 0 Å². The second kappa shape index (κ2) is 6.16. The molecule has 1 aliphatic heterocycles. The van der Waals surface area contributed by atoms with Crippen LogP contribution in [-0.2, 0) is 16.1 Å². The third-order valence-corrected chi connectivity index (χ3v) is 4.40. The molecule has 1 saturated heterocycles. The number of amides is 1. The number of hydrogen-bond acceptors (Lipinski definition) is 3. The lowest BCUT2D eigenvalue weighted by Crippen LogP contribution is -2.49. The fourth-order valence-corrected chi connectivity index (χ4v) is 2.78. The van der Waals surface area contributed by atoms with Crippen molar-refractivity contribution in [2.75, 3.05) is 19.7 Å². The fourth-order valence-electron chi connectivity index (χ4n) is 2.78. The lowest BCUT2D eigenvalue weighted by Gasteiger charge is -2.30. The largest absolute Gasteiger partial charge is 0.366 e. The summed E-state index contributed by atoms with van der Waals surface area (Å²) in [7, 11) is 0. The SMILES string of the molecule is Cc1ccc(CN(C(=O)C2CNCCO2)C2CC2)cc1C. The minimum atomic E-state index is -0.314. The third-order valence-electron chi connectivity index (χ3n) is 4.40. The van der Waals surface area contributed by atoms with Crippen LogP contribution in [0.1, 0.15) is 29.5 Å². The van der Waals surface area contributed by atoms with Gasteiger partial charge in [-0.05, 0) is 43.4 Å². The maximum absolute atomic E-state index is 12.7. The molecule has 0 aromatic heterocycles. The highest BCUT2D eigenvalue weighted by molar-refractivity contribution is 5.82. The predicted molar refractivity (Wildman–Crippen MR) is 82.1 cm³/mol. The molecule has 1 unspecified atom stereocenters. The molecule has 0 spiro atoms. The summed E-state index contributed by atoms with van der Waals surface area (Å²) < 4.78 is 5.63. The van der Waals surface area contributed by atoms with Crippen molar-refractivity contribution in [3.63, 3.8) is 0 Å². The van der Waals surface area contributed by atoms with E-state index >= 15 is 0 Å². The summed E-state index contributed by atoms with van der Waals surface area (Å²) in [6, 6.07) is 6.87. The average molecular weight is 288 g/mol. The molecule has 21 heavy (non-hydrogen) atoms. The number of nitrogens with zero attached hydrogens (tertiary/aromatic N) is 1. The van der Waals surface area contributed by atoms with Gasteiger partial charge in [0.05, 0.1) is 6.61 Å². The van der Waals surface area contributed by atoms with Gasteiger partial charge in [-0.1, -0.05) is 18.2 Å². The Morgan fingerprint density at radius 3 is 2.76 bits per heavy atom. The van der Waals surface area contributed by atoms with Crippen LogP contribution in [0.15, 0.2) is 18.2 Å². The fraction of sp³-hybridized carbons (Fsp3) is 0.588. The van der Waals surface area contributed by atoms with Crippen LogP contribution < -0.4 is 5.32 Å². The Morgan fingerprint density at radius 1 is 1.33 bits per heavy atom. The van der Waals surface area contributed by atoms with Crippen LogP contribution in [0.25, 0.3) is 0 Å². The molecule has 0 bridgehead atoms. The molecule has 1 N–H and O–H groups in total. The van der Waals surface area contributed by atoms with Crippen molar-refractivity contribution in [2.24, 2.45) is 0 Å². The van der Waals surface area contributed by atoms with E-state index in [-0.39, 0.29) is 12.0 Å². The number of aryl methyl sites for hydroxylation is 2. The summed E-state index contributed by atoms with van der Waals surface area (Å²) in [5.41, 5.74) is 3.79. The minimum absolute atomic E-state index is 0.142. The first kappa shape index (κ1) is 14.5. The lowest BCUT2D eigenvalue weighted by molar-refractivity contribution is -0.146. The molecule has 2 aliphatic rings. The van der Waals surface area contributed by atoms with Crippen LogP contribution in [0.4, 0.5) is 0 Å². The Hall–Kier alpha value is -1.39. The van der Waals surface area contributed by atoms with Gasteiger partial charge in [0.2, 0.25) is 0 Å². The number of hydrogen-bond donors (Lipinski definition) is 1. The maximum atomic E-state index is 12.7. The van der Waals surface area contributed by atoms with Crippen molar-refractivity contribution >= 4 is 5.91 Å². The Bertz CT molecular complexity index is 520. The summed E-state index contributed by atoms with van der Waals surface area (Å²) in [6.07, 6.45) is 1.93. The Kier molecular flexibility index (Phi) is 4.27. The normalized spacial score (nSPS) is 22.1. The van der Waals surface area contributed by atoms with E-state index in [4.69, 9.17) is 4.74 Å². The molecule has 1 saturated carbocycles. The van der Waals surface area contributed by atoms with Gasteiger partial charge < -0.3 is 15.0 Å². The lowest BCUT2D eigenvalue weighted by atomic mass is 10.1. The number of ether oxygens (including phenoxy) is 1. The smallest absolute Gasteiger partial charge is 0.253 e. The van der Waals surface area contributed by atoms with E-state index in [1.807, 2.05) is 4.90 Å². The topological polar surface area (TPSA) is 41.6 Å². The Morgan fingerprint density at radius 2 is 2.14 bits per heavy atom. The van der Waals surface area contributed by atoms with Gasteiger partial charge in [0, 0.05) is 25.7 Å². The van der Waals surface area contributed by atoms with Crippen LogP contribution >= 0.6 is 0 Å². The zero-order valence-electron chi connectivity index (χ0n) is 12.9. The molecular weight excluding hydrogens is 264 g/mol. The van der Waals surface area contributed by atoms with E-state index in [2.05, 4.69) is 37.4 Å². The Labute approximate surface area is 126 Å². The number of nitrogens with one attached hydrogen (secondary N) is 1. The number of rotatable bonds is 4. The summed E-state index contributed by atoms with van der Waals surface area (Å²) in [5, 5.41) is 3.24. The second-order valence-electron chi connectivity index (χ2n) is 6.18. The van der Waals surface area contributed by atoms with Crippen molar-refractivity contribution in [3.05, 3.63) is 34.9 Å². The number of benzene rings is 1. The van der Waals surface area contributed by atoms with Gasteiger partial charge in [-0.25, -0.2) is 0 Å². The molecule has 4 heteroatoms. The van der Waals surface area contributed by atoms with Gasteiger partial charge in [-0.15, -0.1) is 0 Å². The first-order valence-corrected chi connectivity index (χ1v) is 7.84. The average Bonchev–Trinajstić information content (AvgIpc) is 3.33. The van der Waals surface area contributed by atoms with Crippen molar-refractivity contribution in [1.82, 2.24) is 10.2 Å². The number of carbonyl (C=O) groups is 1. The summed E-state index contributed by atoms with van der Waals surface area (Å²) in [5.74, 6) is 0.142. The van der Waals surface area contributed by atoms with Crippen LogP contribution in [0.5, 0.6) is 0 Å². The molecule has 1 amide bonds. The van der Waals surface area contributed by atoms with E-state index in [0.717, 1.165) is 19.4 Å². The number of carbonyl (C=O) groups excluding carboxylic acids is 1. The third kappa shape index (κ3) is 3.44. The highest BCUT2D eigenvalue weighted by Crippen LogP contribution is 2.29. The van der Waals surface area contributed by atoms with Crippen molar-refractivity contribution < 1.29 is 9.53 Å². The standard InChI is InChI=1S/C17H24N2O2/c1-12-3-4-14(9-13(12)2)11-19(15-5-6-15)17(20)16-10-18-7-8-21-16/h3-4,9,15-16,18H,5-8,10-11H2,1-2H3. The highest BCUT2D eigenvalue weighted by Gasteiger charge is 2.36. The van der Waals surface area contributed by atoms with Gasteiger partial charge in [-0.3, -0.25) is 4.79 Å². The molecular formula is C17H24N2O2. The van der Waals surface area contributed by atoms with Crippen molar-refractivity contribution in [2.45, 2.75) is 45.4 Å². The summed E-state index contributed by atoms with van der Waals surface area (Å²) >= 11 is 0. The molecule has 1 heterocycles. The number of morpholine rings is 1. The minimum Gasteiger partial charge on any atom is -0.366 e. The van der Waals surface area contributed by atoms with Crippen molar-refractivity contribution in [3.8, 4) is 0 Å². The van der Waals surface area contributed by atoms with Crippen LogP contribution in [-0.4, -0.2) is 42.6 Å². The Balaban J connectivity index is 1.71. The predicted octanol–water partition coefficient (Wildman–Crippen LogP) is 1.78. The van der Waals surface area contributed by atoms with E-state index in [1.54, 1.807) is 0 Å². The van der Waals surface area contributed by atoms with E-state index < -0.39 is 0 Å². The molecule has 2 fully saturated rings. The van der Waals surface area contributed by atoms with Gasteiger partial charge in [-0.2, -0.15) is 0 Å². The quantitative estimate of drug-likeness (QED) is 0.918. The van der Waals surface area contributed by atoms with Crippen LogP contribution in [0.2, 0.25) is 0 Å². The molecule has 1 atom stereocenters. The molecule has 1 aromatic rings. The summed E-state index contributed by atoms with van der Waals surface area (Å²) in [4.78, 5) is 14.7.